The van der Waals surface area contributed by atoms with Crippen LogP contribution >= 0.6 is 0 Å². The lowest BCUT2D eigenvalue weighted by Crippen LogP contribution is -2.47. The Morgan fingerprint density at radius 1 is 0.763 bits per heavy atom. The van der Waals surface area contributed by atoms with Crippen molar-refractivity contribution in [3.8, 4) is 0 Å². The maximum absolute atomic E-state index is 13.3. The molecule has 6 heteroatoms. The number of carbonyl (C=O) groups is 2. The summed E-state index contributed by atoms with van der Waals surface area (Å²) in [6.45, 7) is 13.6. The molecule has 200 valence electrons. The third-order valence-electron chi connectivity index (χ3n) is 7.97. The van der Waals surface area contributed by atoms with Crippen LogP contribution in [0.3, 0.4) is 0 Å². The van der Waals surface area contributed by atoms with E-state index in [1.165, 1.54) is 16.0 Å². The lowest BCUT2D eigenvalue weighted by atomic mass is 10.1. The van der Waals surface area contributed by atoms with Gasteiger partial charge in [-0.25, -0.2) is 0 Å². The number of fused-ring (bicyclic) bond motifs is 1. The first kappa shape index (κ1) is 28.0. The first-order valence-corrected chi connectivity index (χ1v) is 16.4. The van der Waals surface area contributed by atoms with Crippen molar-refractivity contribution in [1.29, 1.82) is 0 Å². The minimum Gasteiger partial charge on any atom is -0.417 e. The van der Waals surface area contributed by atoms with E-state index in [2.05, 4.69) is 87.3 Å². The third-order valence-corrected chi connectivity index (χ3v) is 12.5. The highest BCUT2D eigenvalue weighted by Crippen LogP contribution is 2.36. The van der Waals surface area contributed by atoms with Gasteiger partial charge in [0.15, 0.2) is 8.32 Å². The van der Waals surface area contributed by atoms with E-state index in [0.717, 1.165) is 6.42 Å². The average molecular weight is 529 g/mol. The lowest BCUT2D eigenvalue weighted by Gasteiger charge is -2.38. The smallest absolute Gasteiger partial charge is 0.261 e. The van der Waals surface area contributed by atoms with Gasteiger partial charge < -0.3 is 4.43 Å². The molecule has 4 rings (SSSR count). The fourth-order valence-corrected chi connectivity index (χ4v) is 5.68. The second-order valence-corrected chi connectivity index (χ2v) is 16.5. The van der Waals surface area contributed by atoms with Gasteiger partial charge in [-0.1, -0.05) is 93.6 Å². The van der Waals surface area contributed by atoms with E-state index >= 15 is 0 Å². The molecule has 0 radical (unpaired) electrons. The van der Waals surface area contributed by atoms with Crippen LogP contribution in [0, 0.1) is 0 Å². The molecule has 0 bridgehead atoms. The van der Waals surface area contributed by atoms with Crippen molar-refractivity contribution in [1.82, 2.24) is 9.80 Å². The molecule has 38 heavy (non-hydrogen) atoms. The molecule has 1 atom stereocenters. The van der Waals surface area contributed by atoms with Crippen LogP contribution in [-0.4, -0.2) is 49.1 Å². The second-order valence-electron chi connectivity index (χ2n) is 11.7. The molecule has 3 aromatic rings. The SMILES string of the molecule is CC(C)(C)[Si](C)(C)OCC[C@H](CN1C(=O)c2ccccc2C1=O)N(Cc1ccccc1)Cc1ccccc1. The molecule has 0 spiro atoms. The summed E-state index contributed by atoms with van der Waals surface area (Å²) in [5.74, 6) is -0.416. The van der Waals surface area contributed by atoms with E-state index < -0.39 is 8.32 Å². The zero-order valence-electron chi connectivity index (χ0n) is 23.3. The highest BCUT2D eigenvalue weighted by atomic mass is 28.4. The topological polar surface area (TPSA) is 49.9 Å². The summed E-state index contributed by atoms with van der Waals surface area (Å²) in [4.78, 5) is 30.4. The maximum Gasteiger partial charge on any atom is 0.261 e. The van der Waals surface area contributed by atoms with E-state index in [0.29, 0.717) is 37.4 Å². The summed E-state index contributed by atoms with van der Waals surface area (Å²) >= 11 is 0. The van der Waals surface area contributed by atoms with E-state index in [1.54, 1.807) is 12.1 Å². The molecule has 0 saturated heterocycles. The Morgan fingerprint density at radius 3 is 1.66 bits per heavy atom. The van der Waals surface area contributed by atoms with E-state index in [1.807, 2.05) is 24.3 Å². The Morgan fingerprint density at radius 2 is 1.21 bits per heavy atom. The van der Waals surface area contributed by atoms with Crippen LogP contribution in [0.5, 0.6) is 0 Å². The predicted octanol–water partition coefficient (Wildman–Crippen LogP) is 6.77. The fourth-order valence-electron chi connectivity index (χ4n) is 4.62. The zero-order valence-corrected chi connectivity index (χ0v) is 24.3. The van der Waals surface area contributed by atoms with Crippen LogP contribution in [-0.2, 0) is 17.5 Å². The summed E-state index contributed by atoms with van der Waals surface area (Å²) in [5.41, 5.74) is 3.38. The number of rotatable bonds is 11. The van der Waals surface area contributed by atoms with Gasteiger partial charge in [0, 0.05) is 32.3 Å². The molecule has 0 aromatic heterocycles. The van der Waals surface area contributed by atoms with Crippen molar-refractivity contribution >= 4 is 20.1 Å². The van der Waals surface area contributed by atoms with Gasteiger partial charge in [-0.15, -0.1) is 0 Å². The Bertz CT molecular complexity index is 1160. The highest BCUT2D eigenvalue weighted by Gasteiger charge is 2.39. The number of amides is 2. The van der Waals surface area contributed by atoms with Gasteiger partial charge in [0.1, 0.15) is 0 Å². The van der Waals surface area contributed by atoms with Gasteiger partial charge in [-0.2, -0.15) is 0 Å². The van der Waals surface area contributed by atoms with Crippen molar-refractivity contribution in [3.63, 3.8) is 0 Å². The summed E-state index contributed by atoms with van der Waals surface area (Å²) in [6, 6.07) is 27.8. The van der Waals surface area contributed by atoms with Crippen LogP contribution in [0.25, 0.3) is 0 Å². The van der Waals surface area contributed by atoms with E-state index in [4.69, 9.17) is 4.43 Å². The fraction of sp³-hybridized carbons (Fsp3) is 0.375. The Hall–Kier alpha value is -3.06. The van der Waals surface area contributed by atoms with Crippen molar-refractivity contribution in [2.24, 2.45) is 0 Å². The predicted molar refractivity (Wildman–Crippen MR) is 155 cm³/mol. The minimum atomic E-state index is -1.94. The Labute approximate surface area is 228 Å². The number of hydrogen-bond donors (Lipinski definition) is 0. The normalized spacial score (nSPS) is 14.7. The summed E-state index contributed by atoms with van der Waals surface area (Å²) in [5, 5.41) is 0.110. The Balaban J connectivity index is 1.62. The van der Waals surface area contributed by atoms with Gasteiger partial charge in [-0.05, 0) is 47.8 Å². The Kier molecular flexibility index (Phi) is 8.66. The standard InChI is InChI=1S/C32H40N2O3Si/c1-32(2,3)38(4,5)37-21-20-27(24-34-30(35)28-18-12-13-19-29(28)31(34)36)33(22-25-14-8-6-9-15-25)23-26-16-10-7-11-17-26/h6-19,27H,20-24H2,1-5H3/t27-/m1/s1. The van der Waals surface area contributed by atoms with Crippen molar-refractivity contribution in [2.45, 2.75) is 64.5 Å². The number of imide groups is 1. The highest BCUT2D eigenvalue weighted by molar-refractivity contribution is 6.74. The van der Waals surface area contributed by atoms with Crippen molar-refractivity contribution in [2.75, 3.05) is 13.2 Å². The monoisotopic (exact) mass is 528 g/mol. The maximum atomic E-state index is 13.3. The number of benzene rings is 3. The molecule has 0 N–H and O–H groups in total. The summed E-state index contributed by atoms with van der Waals surface area (Å²) in [7, 11) is -1.94. The third kappa shape index (κ3) is 6.49. The van der Waals surface area contributed by atoms with Gasteiger partial charge >= 0.3 is 0 Å². The van der Waals surface area contributed by atoms with Crippen molar-refractivity contribution in [3.05, 3.63) is 107 Å². The van der Waals surface area contributed by atoms with Gasteiger partial charge in [0.2, 0.25) is 0 Å². The van der Waals surface area contributed by atoms with Crippen LogP contribution in [0.15, 0.2) is 84.9 Å². The molecule has 1 heterocycles. The van der Waals surface area contributed by atoms with E-state index in [9.17, 15) is 9.59 Å². The zero-order chi connectivity index (χ0) is 27.3. The van der Waals surface area contributed by atoms with Crippen LogP contribution in [0.1, 0.15) is 59.0 Å². The molecule has 1 aliphatic rings. The molecule has 0 fully saturated rings. The number of nitrogens with zero attached hydrogens (tertiary/aromatic N) is 2. The molecule has 3 aromatic carbocycles. The van der Waals surface area contributed by atoms with Gasteiger partial charge in [0.05, 0.1) is 11.1 Å². The summed E-state index contributed by atoms with van der Waals surface area (Å²) in [6.07, 6.45) is 0.722. The second kappa shape index (κ2) is 11.8. The molecule has 0 aliphatic carbocycles. The molecule has 0 saturated carbocycles. The molecule has 1 aliphatic heterocycles. The quantitative estimate of drug-likeness (QED) is 0.204. The lowest BCUT2D eigenvalue weighted by molar-refractivity contribution is 0.0549. The first-order valence-electron chi connectivity index (χ1n) is 13.5. The van der Waals surface area contributed by atoms with Gasteiger partial charge in [-0.3, -0.25) is 19.4 Å². The average Bonchev–Trinajstić information content (AvgIpc) is 3.13. The molecular weight excluding hydrogens is 488 g/mol. The molecular formula is C32H40N2O3Si. The van der Waals surface area contributed by atoms with E-state index in [-0.39, 0.29) is 22.9 Å². The first-order chi connectivity index (χ1) is 18.1. The number of carbonyl (C=O) groups excluding carboxylic acids is 2. The molecule has 2 amide bonds. The minimum absolute atomic E-state index is 0.0672. The van der Waals surface area contributed by atoms with Crippen LogP contribution in [0.2, 0.25) is 18.1 Å². The summed E-state index contributed by atoms with van der Waals surface area (Å²) < 4.78 is 6.58. The molecule has 5 nitrogen and oxygen atoms in total. The van der Waals surface area contributed by atoms with Crippen LogP contribution < -0.4 is 0 Å². The molecule has 0 unspecified atom stereocenters. The number of hydrogen-bond acceptors (Lipinski definition) is 4. The van der Waals surface area contributed by atoms with Gasteiger partial charge in [0.25, 0.3) is 11.8 Å². The largest absolute Gasteiger partial charge is 0.417 e. The van der Waals surface area contributed by atoms with Crippen LogP contribution in [0.4, 0.5) is 0 Å². The van der Waals surface area contributed by atoms with Crippen molar-refractivity contribution < 1.29 is 14.0 Å².